The first-order valence-corrected chi connectivity index (χ1v) is 10.6. The average molecular weight is 424 g/mol. The minimum absolute atomic E-state index is 0.0606. The maximum absolute atomic E-state index is 11.9. The maximum atomic E-state index is 11.9. The number of fused-ring (bicyclic) bond motifs is 1. The summed E-state index contributed by atoms with van der Waals surface area (Å²) >= 11 is 0. The topological polar surface area (TPSA) is 86.5 Å². The van der Waals surface area contributed by atoms with Crippen LogP contribution in [-0.2, 0) is 9.53 Å². The lowest BCUT2D eigenvalue weighted by molar-refractivity contribution is -0.146. The highest BCUT2D eigenvalue weighted by atomic mass is 16.5. The molecule has 0 aliphatic heterocycles. The van der Waals surface area contributed by atoms with Gasteiger partial charge < -0.3 is 14.6 Å². The van der Waals surface area contributed by atoms with E-state index in [0.717, 1.165) is 23.9 Å². The summed E-state index contributed by atoms with van der Waals surface area (Å²) in [4.78, 5) is 13.4. The smallest absolute Gasteiger partial charge is 0.333 e. The Kier molecular flexibility index (Phi) is 7.78. The summed E-state index contributed by atoms with van der Waals surface area (Å²) < 4.78 is 11.4. The summed E-state index contributed by atoms with van der Waals surface area (Å²) in [6.45, 7) is 7.37. The SMILES string of the molecule is C=C(C)C(=O)OC(CCCC)CC(O)COc1ccccc1-n1nc2ccccc2n1. The second kappa shape index (κ2) is 10.7. The first-order chi connectivity index (χ1) is 15.0. The van der Waals surface area contributed by atoms with Gasteiger partial charge in [0, 0.05) is 12.0 Å². The first kappa shape index (κ1) is 22.5. The van der Waals surface area contributed by atoms with Crippen molar-refractivity contribution in [3.05, 3.63) is 60.7 Å². The van der Waals surface area contributed by atoms with Crippen molar-refractivity contribution in [1.82, 2.24) is 15.0 Å². The standard InChI is InChI=1S/C24H29N3O4/c1-4-5-10-19(31-24(29)17(2)3)15-18(28)16-30-23-14-9-8-13-22(23)27-25-20-11-6-7-12-21(20)26-27/h6-9,11-14,18-19,28H,2,4-5,10,15-16H2,1,3H3. The fraction of sp³-hybridized carbons (Fsp3) is 0.375. The van der Waals surface area contributed by atoms with E-state index in [1.807, 2.05) is 48.5 Å². The number of nitrogens with zero attached hydrogens (tertiary/aromatic N) is 3. The van der Waals surface area contributed by atoms with Crippen molar-refractivity contribution in [2.24, 2.45) is 0 Å². The van der Waals surface area contributed by atoms with Gasteiger partial charge in [0.05, 0.1) is 6.10 Å². The zero-order chi connectivity index (χ0) is 22.2. The van der Waals surface area contributed by atoms with Gasteiger partial charge in [-0.25, -0.2) is 4.79 Å². The van der Waals surface area contributed by atoms with Crippen LogP contribution in [0.5, 0.6) is 5.75 Å². The number of unbranched alkanes of at least 4 members (excludes halogenated alkanes) is 1. The monoisotopic (exact) mass is 423 g/mol. The Morgan fingerprint density at radius 2 is 1.77 bits per heavy atom. The van der Waals surface area contributed by atoms with Gasteiger partial charge in [-0.2, -0.15) is 0 Å². The summed E-state index contributed by atoms with van der Waals surface area (Å²) in [5.74, 6) is 0.127. The quantitative estimate of drug-likeness (QED) is 0.367. The molecule has 0 saturated heterocycles. The predicted octanol–water partition coefficient (Wildman–Crippen LogP) is 4.23. The molecule has 1 aromatic heterocycles. The van der Waals surface area contributed by atoms with Crippen LogP contribution in [0, 0.1) is 0 Å². The zero-order valence-electron chi connectivity index (χ0n) is 18.0. The van der Waals surface area contributed by atoms with E-state index in [0.29, 0.717) is 29.9 Å². The minimum Gasteiger partial charge on any atom is -0.489 e. The molecule has 2 unspecified atom stereocenters. The molecule has 2 aromatic carbocycles. The molecule has 0 aliphatic carbocycles. The Bertz CT molecular complexity index is 997. The summed E-state index contributed by atoms with van der Waals surface area (Å²) in [5, 5.41) is 19.5. The normalized spacial score (nSPS) is 13.0. The molecule has 0 aliphatic rings. The van der Waals surface area contributed by atoms with E-state index in [2.05, 4.69) is 23.7 Å². The Morgan fingerprint density at radius 1 is 1.13 bits per heavy atom. The van der Waals surface area contributed by atoms with Crippen LogP contribution < -0.4 is 4.74 Å². The molecular weight excluding hydrogens is 394 g/mol. The van der Waals surface area contributed by atoms with E-state index in [-0.39, 0.29) is 12.7 Å². The Labute approximate surface area is 182 Å². The lowest BCUT2D eigenvalue weighted by Gasteiger charge is -2.21. The highest BCUT2D eigenvalue weighted by Crippen LogP contribution is 2.23. The maximum Gasteiger partial charge on any atom is 0.333 e. The molecular formula is C24H29N3O4. The van der Waals surface area contributed by atoms with Gasteiger partial charge in [0.15, 0.2) is 0 Å². The van der Waals surface area contributed by atoms with Crippen molar-refractivity contribution in [1.29, 1.82) is 0 Å². The third-order valence-electron chi connectivity index (χ3n) is 4.84. The number of hydrogen-bond acceptors (Lipinski definition) is 6. The van der Waals surface area contributed by atoms with Crippen LogP contribution in [0.15, 0.2) is 60.7 Å². The van der Waals surface area contributed by atoms with Gasteiger partial charge in [-0.05, 0) is 37.6 Å². The third-order valence-corrected chi connectivity index (χ3v) is 4.84. The minimum atomic E-state index is -0.794. The second-order valence-corrected chi connectivity index (χ2v) is 7.60. The van der Waals surface area contributed by atoms with Crippen molar-refractivity contribution in [2.45, 2.75) is 51.7 Å². The van der Waals surface area contributed by atoms with E-state index in [9.17, 15) is 9.90 Å². The van der Waals surface area contributed by atoms with Crippen molar-refractivity contribution in [2.75, 3.05) is 6.61 Å². The average Bonchev–Trinajstić information content (AvgIpc) is 3.20. The highest BCUT2D eigenvalue weighted by molar-refractivity contribution is 5.87. The summed E-state index contributed by atoms with van der Waals surface area (Å²) in [5.41, 5.74) is 2.60. The van der Waals surface area contributed by atoms with E-state index in [1.165, 1.54) is 4.80 Å². The lowest BCUT2D eigenvalue weighted by Crippen LogP contribution is -2.28. The molecule has 0 spiro atoms. The Balaban J connectivity index is 1.66. The molecule has 164 valence electrons. The molecule has 0 radical (unpaired) electrons. The van der Waals surface area contributed by atoms with Crippen LogP contribution in [0.1, 0.15) is 39.5 Å². The van der Waals surface area contributed by atoms with Crippen LogP contribution in [0.25, 0.3) is 16.7 Å². The summed E-state index contributed by atoms with van der Waals surface area (Å²) in [7, 11) is 0. The molecule has 2 atom stereocenters. The summed E-state index contributed by atoms with van der Waals surface area (Å²) in [6.07, 6.45) is 1.70. The highest BCUT2D eigenvalue weighted by Gasteiger charge is 2.20. The van der Waals surface area contributed by atoms with Gasteiger partial charge in [0.1, 0.15) is 35.2 Å². The van der Waals surface area contributed by atoms with Crippen molar-refractivity contribution in [3.63, 3.8) is 0 Å². The van der Waals surface area contributed by atoms with Gasteiger partial charge >= 0.3 is 5.97 Å². The number of benzene rings is 2. The van der Waals surface area contributed by atoms with Crippen molar-refractivity contribution >= 4 is 17.0 Å². The molecule has 0 amide bonds. The van der Waals surface area contributed by atoms with Crippen molar-refractivity contribution in [3.8, 4) is 11.4 Å². The molecule has 7 heteroatoms. The third kappa shape index (κ3) is 6.15. The zero-order valence-corrected chi connectivity index (χ0v) is 18.0. The molecule has 0 fully saturated rings. The number of para-hydroxylation sites is 2. The molecule has 3 aromatic rings. The number of hydrogen-bond donors (Lipinski definition) is 1. The number of aliphatic hydroxyl groups excluding tert-OH is 1. The Morgan fingerprint density at radius 3 is 2.42 bits per heavy atom. The number of ether oxygens (including phenoxy) is 2. The van der Waals surface area contributed by atoms with Gasteiger partial charge in [-0.15, -0.1) is 15.0 Å². The molecule has 7 nitrogen and oxygen atoms in total. The predicted molar refractivity (Wildman–Crippen MR) is 119 cm³/mol. The first-order valence-electron chi connectivity index (χ1n) is 10.6. The van der Waals surface area contributed by atoms with E-state index < -0.39 is 12.1 Å². The number of aliphatic hydroxyl groups is 1. The molecule has 1 heterocycles. The largest absolute Gasteiger partial charge is 0.489 e. The fourth-order valence-electron chi connectivity index (χ4n) is 3.18. The van der Waals surface area contributed by atoms with E-state index in [1.54, 1.807) is 6.92 Å². The number of esters is 1. The van der Waals surface area contributed by atoms with Gasteiger partial charge in [-0.1, -0.05) is 50.6 Å². The van der Waals surface area contributed by atoms with Crippen LogP contribution >= 0.6 is 0 Å². The molecule has 3 rings (SSSR count). The van der Waals surface area contributed by atoms with E-state index in [4.69, 9.17) is 9.47 Å². The second-order valence-electron chi connectivity index (χ2n) is 7.60. The number of aromatic nitrogens is 3. The van der Waals surface area contributed by atoms with Crippen LogP contribution in [-0.4, -0.2) is 44.9 Å². The van der Waals surface area contributed by atoms with Gasteiger partial charge in [0.25, 0.3) is 0 Å². The van der Waals surface area contributed by atoms with Crippen molar-refractivity contribution < 1.29 is 19.4 Å². The molecule has 31 heavy (non-hydrogen) atoms. The molecule has 0 bridgehead atoms. The van der Waals surface area contributed by atoms with Gasteiger partial charge in [-0.3, -0.25) is 0 Å². The lowest BCUT2D eigenvalue weighted by atomic mass is 10.1. The Hall–Kier alpha value is -3.19. The van der Waals surface area contributed by atoms with Crippen LogP contribution in [0.3, 0.4) is 0 Å². The van der Waals surface area contributed by atoms with Crippen LogP contribution in [0.4, 0.5) is 0 Å². The number of carbonyl (C=O) groups is 1. The molecule has 1 N–H and O–H groups in total. The molecule has 0 saturated carbocycles. The van der Waals surface area contributed by atoms with E-state index >= 15 is 0 Å². The number of carbonyl (C=O) groups excluding carboxylic acids is 1. The number of rotatable bonds is 11. The fourth-order valence-corrected chi connectivity index (χ4v) is 3.18. The van der Waals surface area contributed by atoms with Gasteiger partial charge in [0.2, 0.25) is 0 Å². The summed E-state index contributed by atoms with van der Waals surface area (Å²) in [6, 6.07) is 15.0. The van der Waals surface area contributed by atoms with Crippen LogP contribution in [0.2, 0.25) is 0 Å².